The molecule has 1 aromatic carbocycles. The summed E-state index contributed by atoms with van der Waals surface area (Å²) in [6, 6.07) is 12.6. The molecule has 0 spiro atoms. The van der Waals surface area contributed by atoms with E-state index in [1.165, 1.54) is 18.7 Å². The molecule has 5 heteroatoms. The molecule has 0 radical (unpaired) electrons. The van der Waals surface area contributed by atoms with Crippen LogP contribution in [0.25, 0.3) is 0 Å². The molecule has 0 aliphatic rings. The predicted molar refractivity (Wildman–Crippen MR) is 84.6 cm³/mol. The fourth-order valence-corrected chi connectivity index (χ4v) is 2.59. The number of nitrogens with one attached hydrogen (secondary N) is 1. The van der Waals surface area contributed by atoms with Gasteiger partial charge in [0, 0.05) is 11.8 Å². The number of nitrogens with zero attached hydrogens (tertiary/aromatic N) is 1. The summed E-state index contributed by atoms with van der Waals surface area (Å²) in [6.07, 6.45) is 1.69. The van der Waals surface area contributed by atoms with E-state index in [0.717, 1.165) is 5.03 Å². The molecule has 2 rings (SSSR count). The van der Waals surface area contributed by atoms with Gasteiger partial charge in [-0.3, -0.25) is 9.59 Å². The smallest absolute Gasteiger partial charge is 0.237 e. The normalized spacial score (nSPS) is 11.7. The molecule has 0 unspecified atom stereocenters. The number of carbonyl (C=O) groups is 2. The summed E-state index contributed by atoms with van der Waals surface area (Å²) >= 11 is 1.38. The highest BCUT2D eigenvalue weighted by Gasteiger charge is 2.17. The van der Waals surface area contributed by atoms with Gasteiger partial charge in [-0.15, -0.1) is 0 Å². The Hall–Kier alpha value is -2.14. The Labute approximate surface area is 128 Å². The molecule has 0 saturated carbocycles. The summed E-state index contributed by atoms with van der Waals surface area (Å²) in [4.78, 5) is 27.9. The van der Waals surface area contributed by atoms with Crippen molar-refractivity contribution in [2.24, 2.45) is 0 Å². The van der Waals surface area contributed by atoms with Crippen molar-refractivity contribution in [2.75, 3.05) is 5.32 Å². The monoisotopic (exact) mass is 300 g/mol. The number of pyridine rings is 1. The van der Waals surface area contributed by atoms with Crippen molar-refractivity contribution in [1.29, 1.82) is 0 Å². The molecule has 0 aliphatic heterocycles. The Kier molecular flexibility index (Phi) is 5.11. The van der Waals surface area contributed by atoms with Gasteiger partial charge in [-0.25, -0.2) is 4.98 Å². The molecule has 108 valence electrons. The molecule has 1 atom stereocenters. The second-order valence-electron chi connectivity index (χ2n) is 4.52. The van der Waals surface area contributed by atoms with Crippen LogP contribution in [0.4, 0.5) is 5.69 Å². The maximum atomic E-state index is 12.2. The SMILES string of the molecule is CC(=O)c1ccccc1NC(=O)[C@H](C)Sc1ccccn1. The van der Waals surface area contributed by atoms with Gasteiger partial charge in [-0.05, 0) is 38.1 Å². The number of para-hydroxylation sites is 1. The minimum atomic E-state index is -0.306. The van der Waals surface area contributed by atoms with Crippen LogP contribution in [0.2, 0.25) is 0 Å². The molecule has 4 nitrogen and oxygen atoms in total. The molecular weight excluding hydrogens is 284 g/mol. The van der Waals surface area contributed by atoms with E-state index in [4.69, 9.17) is 0 Å². The van der Waals surface area contributed by atoms with E-state index in [2.05, 4.69) is 10.3 Å². The van der Waals surface area contributed by atoms with E-state index >= 15 is 0 Å². The third-order valence-electron chi connectivity index (χ3n) is 2.87. The first-order valence-electron chi connectivity index (χ1n) is 6.56. The van der Waals surface area contributed by atoms with Gasteiger partial charge in [0.2, 0.25) is 5.91 Å². The lowest BCUT2D eigenvalue weighted by Crippen LogP contribution is -2.23. The summed E-state index contributed by atoms with van der Waals surface area (Å²) in [5.74, 6) is -0.227. The van der Waals surface area contributed by atoms with Crippen LogP contribution in [0.3, 0.4) is 0 Å². The molecule has 2 aromatic rings. The molecule has 0 saturated heterocycles. The second-order valence-corrected chi connectivity index (χ2v) is 5.88. The molecule has 0 fully saturated rings. The number of anilines is 1. The lowest BCUT2D eigenvalue weighted by atomic mass is 10.1. The van der Waals surface area contributed by atoms with Crippen LogP contribution in [-0.4, -0.2) is 21.9 Å². The van der Waals surface area contributed by atoms with Gasteiger partial charge >= 0.3 is 0 Å². The molecule has 0 bridgehead atoms. The number of amides is 1. The standard InChI is InChI=1S/C16H16N2O2S/c1-11(19)13-7-3-4-8-14(13)18-16(20)12(2)21-15-9-5-6-10-17-15/h3-10,12H,1-2H3,(H,18,20)/t12-/m0/s1. The van der Waals surface area contributed by atoms with E-state index in [1.54, 1.807) is 30.5 Å². The van der Waals surface area contributed by atoms with Gasteiger partial charge < -0.3 is 5.32 Å². The summed E-state index contributed by atoms with van der Waals surface area (Å²) in [6.45, 7) is 3.29. The summed E-state index contributed by atoms with van der Waals surface area (Å²) in [5, 5.41) is 3.29. The first kappa shape index (κ1) is 15.3. The molecule has 1 aromatic heterocycles. The number of Topliss-reactive ketones (excluding diaryl/α,β-unsaturated/α-hetero) is 1. The van der Waals surface area contributed by atoms with Crippen LogP contribution in [0.5, 0.6) is 0 Å². The zero-order valence-electron chi connectivity index (χ0n) is 11.9. The van der Waals surface area contributed by atoms with Crippen LogP contribution in [-0.2, 0) is 4.79 Å². The zero-order chi connectivity index (χ0) is 15.2. The lowest BCUT2D eigenvalue weighted by Gasteiger charge is -2.13. The number of benzene rings is 1. The van der Waals surface area contributed by atoms with E-state index in [1.807, 2.05) is 25.1 Å². The van der Waals surface area contributed by atoms with Crippen molar-refractivity contribution < 1.29 is 9.59 Å². The number of thioether (sulfide) groups is 1. The number of hydrogen-bond donors (Lipinski definition) is 1. The number of carbonyl (C=O) groups excluding carboxylic acids is 2. The van der Waals surface area contributed by atoms with Gasteiger partial charge in [0.05, 0.1) is 16.0 Å². The topological polar surface area (TPSA) is 59.1 Å². The van der Waals surface area contributed by atoms with Gasteiger partial charge in [-0.1, -0.05) is 30.0 Å². The van der Waals surface area contributed by atoms with Crippen molar-refractivity contribution in [2.45, 2.75) is 24.1 Å². The van der Waals surface area contributed by atoms with Gasteiger partial charge in [-0.2, -0.15) is 0 Å². The fraction of sp³-hybridized carbons (Fsp3) is 0.188. The van der Waals surface area contributed by atoms with Crippen molar-refractivity contribution in [1.82, 2.24) is 4.98 Å². The lowest BCUT2D eigenvalue weighted by molar-refractivity contribution is -0.115. The third kappa shape index (κ3) is 4.16. The van der Waals surface area contributed by atoms with Gasteiger partial charge in [0.1, 0.15) is 0 Å². The van der Waals surface area contributed by atoms with Crippen molar-refractivity contribution in [3.63, 3.8) is 0 Å². The van der Waals surface area contributed by atoms with E-state index in [9.17, 15) is 9.59 Å². The summed E-state index contributed by atoms with van der Waals surface area (Å²) < 4.78 is 0. The zero-order valence-corrected chi connectivity index (χ0v) is 12.7. The molecule has 1 amide bonds. The average molecular weight is 300 g/mol. The van der Waals surface area contributed by atoms with Crippen LogP contribution >= 0.6 is 11.8 Å². The highest BCUT2D eigenvalue weighted by molar-refractivity contribution is 8.00. The van der Waals surface area contributed by atoms with Crippen LogP contribution in [0.1, 0.15) is 24.2 Å². The van der Waals surface area contributed by atoms with Crippen molar-refractivity contribution in [3.8, 4) is 0 Å². The molecule has 21 heavy (non-hydrogen) atoms. The van der Waals surface area contributed by atoms with E-state index in [-0.39, 0.29) is 16.9 Å². The molecule has 0 aliphatic carbocycles. The minimum Gasteiger partial charge on any atom is -0.324 e. The summed E-state index contributed by atoms with van der Waals surface area (Å²) in [5.41, 5.74) is 1.06. The van der Waals surface area contributed by atoms with E-state index < -0.39 is 0 Å². The Bertz CT molecular complexity index is 644. The molecule has 1 N–H and O–H groups in total. The van der Waals surface area contributed by atoms with Crippen LogP contribution in [0.15, 0.2) is 53.7 Å². The number of ketones is 1. The first-order chi connectivity index (χ1) is 10.1. The number of hydrogen-bond acceptors (Lipinski definition) is 4. The quantitative estimate of drug-likeness (QED) is 0.679. The second kappa shape index (κ2) is 7.04. The fourth-order valence-electron chi connectivity index (χ4n) is 1.78. The molecular formula is C16H16N2O2S. The van der Waals surface area contributed by atoms with Crippen LogP contribution in [0, 0.1) is 0 Å². The Morgan fingerprint density at radius 2 is 1.86 bits per heavy atom. The Balaban J connectivity index is 2.06. The predicted octanol–water partition coefficient (Wildman–Crippen LogP) is 3.40. The number of aromatic nitrogens is 1. The van der Waals surface area contributed by atoms with E-state index in [0.29, 0.717) is 11.3 Å². The highest BCUT2D eigenvalue weighted by atomic mass is 32.2. The maximum absolute atomic E-state index is 12.2. The largest absolute Gasteiger partial charge is 0.324 e. The minimum absolute atomic E-state index is 0.0732. The van der Waals surface area contributed by atoms with Gasteiger partial charge in [0.25, 0.3) is 0 Å². The van der Waals surface area contributed by atoms with Crippen molar-refractivity contribution in [3.05, 3.63) is 54.2 Å². The van der Waals surface area contributed by atoms with Crippen LogP contribution < -0.4 is 5.32 Å². The Morgan fingerprint density at radius 3 is 2.52 bits per heavy atom. The highest BCUT2D eigenvalue weighted by Crippen LogP contribution is 2.23. The summed E-state index contributed by atoms with van der Waals surface area (Å²) in [7, 11) is 0. The molecule has 1 heterocycles. The maximum Gasteiger partial charge on any atom is 0.237 e. The van der Waals surface area contributed by atoms with Gasteiger partial charge in [0.15, 0.2) is 5.78 Å². The van der Waals surface area contributed by atoms with Crippen molar-refractivity contribution >= 4 is 29.1 Å². The average Bonchev–Trinajstić information content (AvgIpc) is 2.48. The Morgan fingerprint density at radius 1 is 1.14 bits per heavy atom. The first-order valence-corrected chi connectivity index (χ1v) is 7.44. The third-order valence-corrected chi connectivity index (χ3v) is 3.92. The number of rotatable bonds is 5.